The van der Waals surface area contributed by atoms with E-state index in [1.165, 1.54) is 0 Å². The van der Waals surface area contributed by atoms with E-state index in [-0.39, 0.29) is 11.9 Å². The molecule has 2 nitrogen and oxygen atoms in total. The maximum atomic E-state index is 11.5. The SMILES string of the molecule is CC(C)[C@@H]1NC(=O)c2ccccc21. The highest BCUT2D eigenvalue weighted by Gasteiger charge is 2.29. The monoisotopic (exact) mass is 175 g/mol. The fraction of sp³-hybridized carbons (Fsp3) is 0.364. The first-order chi connectivity index (χ1) is 6.20. The predicted octanol–water partition coefficient (Wildman–Crippen LogP) is 2.13. The average molecular weight is 175 g/mol. The van der Waals surface area contributed by atoms with E-state index in [1.54, 1.807) is 0 Å². The van der Waals surface area contributed by atoms with Crippen LogP contribution in [0.2, 0.25) is 0 Å². The summed E-state index contributed by atoms with van der Waals surface area (Å²) in [5, 5.41) is 2.98. The first kappa shape index (κ1) is 8.30. The van der Waals surface area contributed by atoms with Crippen molar-refractivity contribution >= 4 is 5.91 Å². The van der Waals surface area contributed by atoms with Crippen LogP contribution < -0.4 is 5.32 Å². The fourth-order valence-electron chi connectivity index (χ4n) is 1.80. The lowest BCUT2D eigenvalue weighted by Crippen LogP contribution is -2.22. The summed E-state index contributed by atoms with van der Waals surface area (Å²) >= 11 is 0. The normalized spacial score (nSPS) is 20.2. The van der Waals surface area contributed by atoms with Crippen LogP contribution in [0.1, 0.15) is 35.8 Å². The van der Waals surface area contributed by atoms with Crippen LogP contribution in [-0.2, 0) is 0 Å². The minimum Gasteiger partial charge on any atom is -0.345 e. The second kappa shape index (κ2) is 2.87. The van der Waals surface area contributed by atoms with Crippen LogP contribution in [0.25, 0.3) is 0 Å². The summed E-state index contributed by atoms with van der Waals surface area (Å²) in [6.45, 7) is 4.24. The van der Waals surface area contributed by atoms with Gasteiger partial charge in [-0.2, -0.15) is 0 Å². The minimum atomic E-state index is 0.0642. The van der Waals surface area contributed by atoms with E-state index in [0.717, 1.165) is 11.1 Å². The lowest BCUT2D eigenvalue weighted by molar-refractivity contribution is 0.0949. The molecule has 1 aliphatic heterocycles. The first-order valence-corrected chi connectivity index (χ1v) is 4.60. The van der Waals surface area contributed by atoms with Gasteiger partial charge >= 0.3 is 0 Å². The Hall–Kier alpha value is -1.31. The lowest BCUT2D eigenvalue weighted by Gasteiger charge is -2.15. The average Bonchev–Trinajstić information content (AvgIpc) is 2.45. The molecule has 1 amide bonds. The highest BCUT2D eigenvalue weighted by Crippen LogP contribution is 2.30. The van der Waals surface area contributed by atoms with Crippen LogP contribution in [0.3, 0.4) is 0 Å². The maximum Gasteiger partial charge on any atom is 0.252 e. The molecule has 0 bridgehead atoms. The quantitative estimate of drug-likeness (QED) is 0.696. The molecule has 0 saturated carbocycles. The highest BCUT2D eigenvalue weighted by atomic mass is 16.2. The number of carbonyl (C=O) groups is 1. The standard InChI is InChI=1S/C11H13NO/c1-7(2)10-8-5-3-4-6-9(8)11(13)12-10/h3-7,10H,1-2H3,(H,12,13)/t10-/m0/s1. The molecule has 1 aromatic carbocycles. The molecule has 0 fully saturated rings. The summed E-state index contributed by atoms with van der Waals surface area (Å²) in [6, 6.07) is 7.99. The summed E-state index contributed by atoms with van der Waals surface area (Å²) in [6.07, 6.45) is 0. The van der Waals surface area contributed by atoms with Gasteiger partial charge in [0.1, 0.15) is 0 Å². The van der Waals surface area contributed by atoms with Crippen LogP contribution in [0.15, 0.2) is 24.3 Å². The summed E-state index contributed by atoms with van der Waals surface area (Å²) in [5.74, 6) is 0.516. The molecule has 2 rings (SSSR count). The van der Waals surface area contributed by atoms with Crippen molar-refractivity contribution in [1.82, 2.24) is 5.32 Å². The van der Waals surface area contributed by atoms with Gasteiger partial charge in [-0.15, -0.1) is 0 Å². The molecule has 1 N–H and O–H groups in total. The Bertz CT molecular complexity index is 344. The van der Waals surface area contributed by atoms with Crippen molar-refractivity contribution in [3.8, 4) is 0 Å². The lowest BCUT2D eigenvalue weighted by atomic mass is 9.96. The van der Waals surface area contributed by atoms with Gasteiger partial charge in [0.15, 0.2) is 0 Å². The molecule has 68 valence electrons. The molecule has 0 saturated heterocycles. The van der Waals surface area contributed by atoms with E-state index in [9.17, 15) is 4.79 Å². The largest absolute Gasteiger partial charge is 0.345 e. The number of amides is 1. The minimum absolute atomic E-state index is 0.0642. The van der Waals surface area contributed by atoms with Crippen LogP contribution in [0.4, 0.5) is 0 Å². The van der Waals surface area contributed by atoms with Gasteiger partial charge in [0.2, 0.25) is 0 Å². The highest BCUT2D eigenvalue weighted by molar-refractivity contribution is 5.99. The van der Waals surface area contributed by atoms with Crippen molar-refractivity contribution in [3.63, 3.8) is 0 Å². The molecule has 2 heteroatoms. The number of carbonyl (C=O) groups excluding carboxylic acids is 1. The van der Waals surface area contributed by atoms with E-state index < -0.39 is 0 Å². The Balaban J connectivity index is 2.47. The third-order valence-electron chi connectivity index (χ3n) is 2.49. The molecule has 13 heavy (non-hydrogen) atoms. The van der Waals surface area contributed by atoms with Crippen molar-refractivity contribution in [1.29, 1.82) is 0 Å². The molecular formula is C11H13NO. The van der Waals surface area contributed by atoms with Crippen LogP contribution in [0, 0.1) is 5.92 Å². The summed E-state index contributed by atoms with van der Waals surface area (Å²) in [5.41, 5.74) is 1.98. The predicted molar refractivity (Wildman–Crippen MR) is 51.5 cm³/mol. The van der Waals surface area contributed by atoms with Crippen LogP contribution in [-0.4, -0.2) is 5.91 Å². The summed E-state index contributed by atoms with van der Waals surface area (Å²) in [7, 11) is 0. The summed E-state index contributed by atoms with van der Waals surface area (Å²) < 4.78 is 0. The van der Waals surface area contributed by atoms with Gasteiger partial charge in [0, 0.05) is 5.56 Å². The fourth-order valence-corrected chi connectivity index (χ4v) is 1.80. The molecule has 0 spiro atoms. The molecule has 0 radical (unpaired) electrons. The summed E-state index contributed by atoms with van der Waals surface area (Å²) in [4.78, 5) is 11.5. The Labute approximate surface area is 78.0 Å². The zero-order valence-electron chi connectivity index (χ0n) is 7.87. The molecule has 1 aliphatic rings. The first-order valence-electron chi connectivity index (χ1n) is 4.60. The smallest absolute Gasteiger partial charge is 0.252 e. The topological polar surface area (TPSA) is 29.1 Å². The van der Waals surface area contributed by atoms with Gasteiger partial charge in [-0.05, 0) is 17.5 Å². The van der Waals surface area contributed by atoms with E-state index >= 15 is 0 Å². The van der Waals surface area contributed by atoms with Crippen LogP contribution in [0.5, 0.6) is 0 Å². The number of benzene rings is 1. The van der Waals surface area contributed by atoms with E-state index in [1.807, 2.05) is 24.3 Å². The van der Waals surface area contributed by atoms with Gasteiger partial charge in [-0.3, -0.25) is 4.79 Å². The molecular weight excluding hydrogens is 162 g/mol. The molecule has 0 aromatic heterocycles. The Morgan fingerprint density at radius 3 is 2.69 bits per heavy atom. The van der Waals surface area contributed by atoms with Crippen molar-refractivity contribution in [2.45, 2.75) is 19.9 Å². The van der Waals surface area contributed by atoms with Gasteiger partial charge < -0.3 is 5.32 Å². The third kappa shape index (κ3) is 1.22. The van der Waals surface area contributed by atoms with E-state index in [0.29, 0.717) is 5.92 Å². The van der Waals surface area contributed by atoms with Gasteiger partial charge in [0.05, 0.1) is 6.04 Å². The van der Waals surface area contributed by atoms with E-state index in [2.05, 4.69) is 19.2 Å². The van der Waals surface area contributed by atoms with Gasteiger partial charge in [0.25, 0.3) is 5.91 Å². The van der Waals surface area contributed by atoms with Crippen molar-refractivity contribution in [2.75, 3.05) is 0 Å². The molecule has 1 atom stereocenters. The Morgan fingerprint density at radius 2 is 2.00 bits per heavy atom. The second-order valence-corrected chi connectivity index (χ2v) is 3.78. The third-order valence-corrected chi connectivity index (χ3v) is 2.49. The number of fused-ring (bicyclic) bond motifs is 1. The Kier molecular flexibility index (Phi) is 1.83. The van der Waals surface area contributed by atoms with Crippen LogP contribution >= 0.6 is 0 Å². The molecule has 1 heterocycles. The number of hydrogen-bond donors (Lipinski definition) is 1. The molecule has 1 aromatic rings. The molecule has 0 unspecified atom stereocenters. The Morgan fingerprint density at radius 1 is 1.31 bits per heavy atom. The van der Waals surface area contributed by atoms with Gasteiger partial charge in [-0.25, -0.2) is 0 Å². The zero-order chi connectivity index (χ0) is 9.42. The number of rotatable bonds is 1. The van der Waals surface area contributed by atoms with Gasteiger partial charge in [-0.1, -0.05) is 32.0 Å². The van der Waals surface area contributed by atoms with Crippen molar-refractivity contribution in [2.24, 2.45) is 5.92 Å². The second-order valence-electron chi connectivity index (χ2n) is 3.78. The van der Waals surface area contributed by atoms with E-state index in [4.69, 9.17) is 0 Å². The number of nitrogens with one attached hydrogen (secondary N) is 1. The number of hydrogen-bond acceptors (Lipinski definition) is 1. The maximum absolute atomic E-state index is 11.5. The molecule has 0 aliphatic carbocycles. The zero-order valence-corrected chi connectivity index (χ0v) is 7.87. The van der Waals surface area contributed by atoms with Crippen molar-refractivity contribution < 1.29 is 4.79 Å². The van der Waals surface area contributed by atoms with Crippen molar-refractivity contribution in [3.05, 3.63) is 35.4 Å².